The van der Waals surface area contributed by atoms with Crippen molar-refractivity contribution in [2.45, 2.75) is 18.6 Å². The van der Waals surface area contributed by atoms with Gasteiger partial charge in [-0.15, -0.1) is 0 Å². The second-order valence-electron chi connectivity index (χ2n) is 2.86. The highest BCUT2D eigenvalue weighted by atomic mass is 16.6. The number of fused-ring (bicyclic) bond motifs is 1. The summed E-state index contributed by atoms with van der Waals surface area (Å²) in [6.45, 7) is 5.89. The first-order valence-electron chi connectivity index (χ1n) is 3.45. The van der Waals surface area contributed by atoms with Crippen molar-refractivity contribution in [1.29, 1.82) is 0 Å². The molecule has 0 N–H and O–H groups in total. The van der Waals surface area contributed by atoms with E-state index in [2.05, 4.69) is 18.7 Å². The van der Waals surface area contributed by atoms with E-state index in [0.29, 0.717) is 0 Å². The molecule has 2 rings (SSSR count). The third-order valence-electron chi connectivity index (χ3n) is 2.10. The van der Waals surface area contributed by atoms with Crippen LogP contribution in [-0.2, 0) is 4.74 Å². The van der Waals surface area contributed by atoms with E-state index in [9.17, 15) is 0 Å². The van der Waals surface area contributed by atoms with Crippen LogP contribution in [0.3, 0.4) is 0 Å². The van der Waals surface area contributed by atoms with Crippen LogP contribution in [0.15, 0.2) is 36.5 Å². The Balaban J connectivity index is 2.31. The van der Waals surface area contributed by atoms with Crippen LogP contribution in [0.2, 0.25) is 0 Å². The maximum absolute atomic E-state index is 5.45. The molecule has 52 valence electrons. The molecule has 0 amide bonds. The maximum Gasteiger partial charge on any atom is 0.138 e. The van der Waals surface area contributed by atoms with Gasteiger partial charge in [0.25, 0.3) is 0 Å². The topological polar surface area (TPSA) is 12.5 Å². The Bertz CT molecular complexity index is 237. The summed E-state index contributed by atoms with van der Waals surface area (Å²) in [4.78, 5) is 0. The van der Waals surface area contributed by atoms with Gasteiger partial charge in [0.05, 0.1) is 0 Å². The van der Waals surface area contributed by atoms with E-state index in [1.165, 1.54) is 0 Å². The van der Waals surface area contributed by atoms with Gasteiger partial charge in [0, 0.05) is 0 Å². The molecule has 0 aromatic rings. The Morgan fingerprint density at radius 2 is 2.40 bits per heavy atom. The van der Waals surface area contributed by atoms with Gasteiger partial charge in [-0.25, -0.2) is 0 Å². The lowest BCUT2D eigenvalue weighted by molar-refractivity contribution is 0.368. The van der Waals surface area contributed by atoms with Crippen molar-refractivity contribution in [3.63, 3.8) is 0 Å². The smallest absolute Gasteiger partial charge is 0.138 e. The van der Waals surface area contributed by atoms with Crippen molar-refractivity contribution in [3.8, 4) is 0 Å². The summed E-state index contributed by atoms with van der Waals surface area (Å²) in [5, 5.41) is 0. The fraction of sp³-hybridized carbons (Fsp3) is 0.333. The van der Waals surface area contributed by atoms with Crippen LogP contribution in [0.4, 0.5) is 0 Å². The molecule has 0 aromatic carbocycles. The van der Waals surface area contributed by atoms with Crippen LogP contribution < -0.4 is 0 Å². The minimum absolute atomic E-state index is 0.116. The molecule has 1 saturated heterocycles. The van der Waals surface area contributed by atoms with Crippen molar-refractivity contribution in [2.75, 3.05) is 0 Å². The standard InChI is InChI=1S/C9H10O/c1-7(2)9-6-4-3-5-8(9)10-9/h3-6,8H,1H2,2H3. The highest BCUT2D eigenvalue weighted by Gasteiger charge is 2.54. The van der Waals surface area contributed by atoms with Gasteiger partial charge in [-0.1, -0.05) is 24.8 Å². The molecule has 0 bridgehead atoms. The van der Waals surface area contributed by atoms with Crippen LogP contribution in [0.1, 0.15) is 6.92 Å². The number of ether oxygens (including phenoxy) is 1. The molecule has 10 heavy (non-hydrogen) atoms. The molecule has 1 fully saturated rings. The largest absolute Gasteiger partial charge is 0.352 e. The molecule has 1 heterocycles. The fourth-order valence-corrected chi connectivity index (χ4v) is 1.34. The van der Waals surface area contributed by atoms with E-state index in [-0.39, 0.29) is 11.7 Å². The second-order valence-corrected chi connectivity index (χ2v) is 2.86. The predicted octanol–water partition coefficient (Wildman–Crippen LogP) is 1.83. The van der Waals surface area contributed by atoms with Gasteiger partial charge < -0.3 is 4.74 Å². The second kappa shape index (κ2) is 1.61. The van der Waals surface area contributed by atoms with Crippen molar-refractivity contribution in [2.24, 2.45) is 0 Å². The Kier molecular flexibility index (Phi) is 0.955. The summed E-state index contributed by atoms with van der Waals surface area (Å²) >= 11 is 0. The zero-order valence-corrected chi connectivity index (χ0v) is 6.00. The van der Waals surface area contributed by atoms with Crippen LogP contribution in [0, 0.1) is 0 Å². The Morgan fingerprint density at radius 3 is 2.90 bits per heavy atom. The average molecular weight is 134 g/mol. The Hall–Kier alpha value is -0.820. The fourth-order valence-electron chi connectivity index (χ4n) is 1.34. The Morgan fingerprint density at radius 1 is 1.60 bits per heavy atom. The third kappa shape index (κ3) is 0.557. The van der Waals surface area contributed by atoms with Gasteiger partial charge in [-0.3, -0.25) is 0 Å². The molecular weight excluding hydrogens is 124 g/mol. The summed E-state index contributed by atoms with van der Waals surface area (Å²) in [7, 11) is 0. The van der Waals surface area contributed by atoms with Crippen molar-refractivity contribution >= 4 is 0 Å². The van der Waals surface area contributed by atoms with Crippen LogP contribution in [0.25, 0.3) is 0 Å². The Labute approximate surface area is 60.7 Å². The number of hydrogen-bond acceptors (Lipinski definition) is 1. The van der Waals surface area contributed by atoms with Gasteiger partial charge >= 0.3 is 0 Å². The molecule has 0 saturated carbocycles. The first-order chi connectivity index (χ1) is 4.76. The lowest BCUT2D eigenvalue weighted by atomic mass is 9.94. The summed E-state index contributed by atoms with van der Waals surface area (Å²) < 4.78 is 5.45. The maximum atomic E-state index is 5.45. The van der Waals surface area contributed by atoms with E-state index in [4.69, 9.17) is 4.74 Å². The van der Waals surface area contributed by atoms with Crippen LogP contribution >= 0.6 is 0 Å². The molecule has 0 aromatic heterocycles. The van der Waals surface area contributed by atoms with Gasteiger partial charge in [-0.05, 0) is 18.6 Å². The monoisotopic (exact) mass is 134 g/mol. The molecular formula is C9H10O. The van der Waals surface area contributed by atoms with Crippen molar-refractivity contribution in [1.82, 2.24) is 0 Å². The lowest BCUT2D eigenvalue weighted by Crippen LogP contribution is -2.12. The normalized spacial score (nSPS) is 41.1. The summed E-state index contributed by atoms with van der Waals surface area (Å²) in [5.74, 6) is 0. The SMILES string of the molecule is C=C(C)C12C=CC=CC1O2. The molecule has 2 aliphatic rings. The first-order valence-corrected chi connectivity index (χ1v) is 3.45. The first kappa shape index (κ1) is 5.93. The van der Waals surface area contributed by atoms with Crippen LogP contribution in [0.5, 0.6) is 0 Å². The van der Waals surface area contributed by atoms with Gasteiger partial charge in [-0.2, -0.15) is 0 Å². The molecule has 1 aliphatic carbocycles. The summed E-state index contributed by atoms with van der Waals surface area (Å²) in [5.41, 5.74) is 0.979. The average Bonchev–Trinajstić information content (AvgIpc) is 2.61. The molecule has 1 aliphatic heterocycles. The highest BCUT2D eigenvalue weighted by molar-refractivity contribution is 5.40. The summed E-state index contributed by atoms with van der Waals surface area (Å²) in [6, 6.07) is 0. The number of hydrogen-bond donors (Lipinski definition) is 0. The van der Waals surface area contributed by atoms with Gasteiger partial charge in [0.1, 0.15) is 11.7 Å². The van der Waals surface area contributed by atoms with Gasteiger partial charge in [0.2, 0.25) is 0 Å². The minimum atomic E-state index is -0.116. The molecule has 2 atom stereocenters. The van der Waals surface area contributed by atoms with Crippen LogP contribution in [-0.4, -0.2) is 11.7 Å². The quantitative estimate of drug-likeness (QED) is 0.393. The third-order valence-corrected chi connectivity index (χ3v) is 2.10. The molecule has 1 heteroatoms. The molecule has 1 nitrogen and oxygen atoms in total. The zero-order valence-electron chi connectivity index (χ0n) is 6.00. The molecule has 2 unspecified atom stereocenters. The number of allylic oxidation sites excluding steroid dienone is 2. The predicted molar refractivity (Wildman–Crippen MR) is 40.7 cm³/mol. The number of rotatable bonds is 1. The van der Waals surface area contributed by atoms with E-state index >= 15 is 0 Å². The molecule has 0 radical (unpaired) electrons. The van der Waals surface area contributed by atoms with Gasteiger partial charge in [0.15, 0.2) is 0 Å². The van der Waals surface area contributed by atoms with E-state index in [1.807, 2.05) is 19.1 Å². The molecule has 0 spiro atoms. The minimum Gasteiger partial charge on any atom is -0.352 e. The van der Waals surface area contributed by atoms with E-state index in [1.54, 1.807) is 0 Å². The number of epoxide rings is 1. The zero-order chi connectivity index (χ0) is 7.19. The van der Waals surface area contributed by atoms with Crippen molar-refractivity contribution in [3.05, 3.63) is 36.5 Å². The van der Waals surface area contributed by atoms with Crippen molar-refractivity contribution < 1.29 is 4.74 Å². The van der Waals surface area contributed by atoms with E-state index in [0.717, 1.165) is 5.57 Å². The lowest BCUT2D eigenvalue weighted by Gasteiger charge is -2.06. The summed E-state index contributed by atoms with van der Waals surface area (Å²) in [6.07, 6.45) is 8.43. The van der Waals surface area contributed by atoms with E-state index < -0.39 is 0 Å². The highest BCUT2D eigenvalue weighted by Crippen LogP contribution is 2.45.